The van der Waals surface area contributed by atoms with E-state index in [1.54, 1.807) is 0 Å². The van der Waals surface area contributed by atoms with Gasteiger partial charge in [0.25, 0.3) is 6.71 Å². The number of para-hydroxylation sites is 2. The Morgan fingerprint density at radius 3 is 1.75 bits per heavy atom. The predicted octanol–water partition coefficient (Wildman–Crippen LogP) is 7.32. The zero-order chi connectivity index (χ0) is 26.6. The van der Waals surface area contributed by atoms with Crippen molar-refractivity contribution in [2.24, 2.45) is 0 Å². The molecule has 0 radical (unpaired) electrons. The van der Waals surface area contributed by atoms with E-state index >= 15 is 0 Å². The Bertz CT molecular complexity index is 1780. The van der Waals surface area contributed by atoms with Gasteiger partial charge in [0, 0.05) is 45.9 Å². The molecule has 0 aromatic heterocycles. The molecule has 1 unspecified atom stereocenters. The van der Waals surface area contributed by atoms with Gasteiger partial charge in [0.2, 0.25) is 0 Å². The first-order valence-corrected chi connectivity index (χ1v) is 16.1. The SMILES string of the molecule is C=PCc1ccc2c(c1)B1c3cc(CC4C=P4)ccc3N(c3ccccc3)c3cccc(c31)N2c1ccccc1. The van der Waals surface area contributed by atoms with Gasteiger partial charge >= 0.3 is 0 Å². The standard InChI is InChI=1S/C35H27BN2P2/c1-39-22-25-16-18-32-30(21-25)36-29-20-24(19-28-23-40-28)15-17-31(29)37(26-9-4-2-5-10-26)33-13-8-14-34(35(33)36)38(32)27-11-6-3-7-12-27/h2-18,20-21,23,28H,1,19,22H2. The lowest BCUT2D eigenvalue weighted by Gasteiger charge is -2.44. The molecule has 0 saturated heterocycles. The largest absolute Gasteiger partial charge is 0.311 e. The maximum absolute atomic E-state index is 4.13. The number of hydrogen-bond acceptors (Lipinski definition) is 2. The first-order valence-electron chi connectivity index (χ1n) is 13.8. The molecule has 0 aliphatic carbocycles. The van der Waals surface area contributed by atoms with Crippen molar-refractivity contribution in [1.82, 2.24) is 0 Å². The maximum atomic E-state index is 4.13. The van der Waals surface area contributed by atoms with Crippen LogP contribution in [0.4, 0.5) is 34.1 Å². The second-order valence-electron chi connectivity index (χ2n) is 10.7. The van der Waals surface area contributed by atoms with Crippen LogP contribution in [0.2, 0.25) is 0 Å². The summed E-state index contributed by atoms with van der Waals surface area (Å²) in [5, 5.41) is 0. The highest BCUT2D eigenvalue weighted by molar-refractivity contribution is 7.51. The molecule has 0 fully saturated rings. The normalized spacial score (nSPS) is 16.4. The Hall–Kier alpha value is -3.90. The summed E-state index contributed by atoms with van der Waals surface area (Å²) in [7, 11) is 2.62. The van der Waals surface area contributed by atoms with E-state index in [0.29, 0.717) is 5.66 Å². The van der Waals surface area contributed by atoms with E-state index < -0.39 is 0 Å². The van der Waals surface area contributed by atoms with Gasteiger partial charge in [-0.2, -0.15) is 0 Å². The van der Waals surface area contributed by atoms with Crippen LogP contribution in [-0.2, 0) is 12.6 Å². The van der Waals surface area contributed by atoms with Crippen molar-refractivity contribution in [3.8, 4) is 0 Å². The molecule has 40 heavy (non-hydrogen) atoms. The second kappa shape index (κ2) is 9.63. The fraction of sp³-hybridized carbons (Fsp3) is 0.0857. The average Bonchev–Trinajstić information content (AvgIpc) is 3.82. The highest BCUT2D eigenvalue weighted by atomic mass is 31.1. The fourth-order valence-corrected chi connectivity index (χ4v) is 7.51. The highest BCUT2D eigenvalue weighted by Crippen LogP contribution is 2.44. The van der Waals surface area contributed by atoms with Crippen molar-refractivity contribution in [1.29, 1.82) is 0 Å². The van der Waals surface area contributed by atoms with E-state index in [0.717, 1.165) is 20.8 Å². The molecular formula is C35H27BN2P2. The number of fused-ring (bicyclic) bond motifs is 4. The van der Waals surface area contributed by atoms with Crippen LogP contribution in [0.3, 0.4) is 0 Å². The van der Waals surface area contributed by atoms with E-state index in [1.807, 2.05) is 0 Å². The lowest BCUT2D eigenvalue weighted by atomic mass is 9.33. The summed E-state index contributed by atoms with van der Waals surface area (Å²) >= 11 is 0. The molecule has 0 amide bonds. The number of hydrogen-bond donors (Lipinski definition) is 0. The minimum absolute atomic E-state index is 0.165. The first-order chi connectivity index (χ1) is 19.8. The molecule has 0 saturated carbocycles. The maximum Gasteiger partial charge on any atom is 0.252 e. The van der Waals surface area contributed by atoms with Crippen LogP contribution in [0.25, 0.3) is 0 Å². The molecule has 5 aromatic carbocycles. The Kier molecular flexibility index (Phi) is 5.77. The van der Waals surface area contributed by atoms with Crippen molar-refractivity contribution in [3.63, 3.8) is 0 Å². The molecule has 0 N–H and O–H groups in total. The van der Waals surface area contributed by atoms with E-state index in [4.69, 9.17) is 0 Å². The van der Waals surface area contributed by atoms with Gasteiger partial charge in [0.05, 0.1) is 0 Å². The van der Waals surface area contributed by atoms with Crippen LogP contribution in [0.15, 0.2) is 115 Å². The van der Waals surface area contributed by atoms with Crippen molar-refractivity contribution < 1.29 is 0 Å². The Morgan fingerprint density at radius 2 is 1.20 bits per heavy atom. The molecule has 3 heterocycles. The van der Waals surface area contributed by atoms with Crippen molar-refractivity contribution >= 4 is 85.7 Å². The van der Waals surface area contributed by atoms with E-state index in [2.05, 4.69) is 137 Å². The quantitative estimate of drug-likeness (QED) is 0.159. The highest BCUT2D eigenvalue weighted by Gasteiger charge is 2.43. The number of nitrogens with zero attached hydrogens (tertiary/aromatic N) is 2. The number of benzene rings is 5. The zero-order valence-electron chi connectivity index (χ0n) is 22.1. The molecule has 5 heteroatoms. The predicted molar refractivity (Wildman–Crippen MR) is 179 cm³/mol. The zero-order valence-corrected chi connectivity index (χ0v) is 23.9. The Labute approximate surface area is 239 Å². The van der Waals surface area contributed by atoms with Crippen molar-refractivity contribution in [3.05, 3.63) is 126 Å². The minimum atomic E-state index is 0.165. The number of rotatable bonds is 6. The monoisotopic (exact) mass is 548 g/mol. The molecule has 1 atom stereocenters. The van der Waals surface area contributed by atoms with Gasteiger partial charge in [0.1, 0.15) is 0 Å². The fourth-order valence-electron chi connectivity index (χ4n) is 6.52. The molecule has 0 bridgehead atoms. The van der Waals surface area contributed by atoms with Gasteiger partial charge in [-0.15, -0.1) is 8.20 Å². The first kappa shape index (κ1) is 23.9. The van der Waals surface area contributed by atoms with Crippen LogP contribution in [-0.4, -0.2) is 24.5 Å². The van der Waals surface area contributed by atoms with Gasteiger partial charge in [-0.05, 0) is 88.3 Å². The molecule has 8 rings (SSSR count). The molecule has 2 nitrogen and oxygen atoms in total. The van der Waals surface area contributed by atoms with Crippen LogP contribution in [0.1, 0.15) is 11.1 Å². The molecule has 0 spiro atoms. The lowest BCUT2D eigenvalue weighted by Crippen LogP contribution is -2.61. The Balaban J connectivity index is 1.44. The average molecular weight is 548 g/mol. The lowest BCUT2D eigenvalue weighted by molar-refractivity contribution is 1.10. The van der Waals surface area contributed by atoms with Crippen molar-refractivity contribution in [2.75, 3.05) is 9.80 Å². The summed E-state index contributed by atoms with van der Waals surface area (Å²) in [6.45, 7) is 0.165. The molecule has 190 valence electrons. The van der Waals surface area contributed by atoms with Gasteiger partial charge in [-0.1, -0.05) is 81.2 Å². The summed E-state index contributed by atoms with van der Waals surface area (Å²) in [5.41, 5.74) is 15.1. The topological polar surface area (TPSA) is 6.48 Å². The Morgan fingerprint density at radius 1 is 0.650 bits per heavy atom. The molecule has 3 aliphatic rings. The van der Waals surface area contributed by atoms with Crippen LogP contribution in [0.5, 0.6) is 0 Å². The molecular weight excluding hydrogens is 521 g/mol. The van der Waals surface area contributed by atoms with E-state index in [-0.39, 0.29) is 6.71 Å². The van der Waals surface area contributed by atoms with Crippen molar-refractivity contribution in [2.45, 2.75) is 18.2 Å². The van der Waals surface area contributed by atoms with E-state index in [9.17, 15) is 0 Å². The summed E-state index contributed by atoms with van der Waals surface area (Å²) in [5.74, 6) is 2.40. The summed E-state index contributed by atoms with van der Waals surface area (Å²) in [4.78, 5) is 4.94. The minimum Gasteiger partial charge on any atom is -0.311 e. The van der Waals surface area contributed by atoms with Gasteiger partial charge < -0.3 is 9.80 Å². The summed E-state index contributed by atoms with van der Waals surface area (Å²) < 4.78 is 0. The van der Waals surface area contributed by atoms with Gasteiger partial charge in [-0.25, -0.2) is 0 Å². The van der Waals surface area contributed by atoms with Gasteiger partial charge in [0.15, 0.2) is 0 Å². The molecule has 3 aliphatic heterocycles. The summed E-state index contributed by atoms with van der Waals surface area (Å²) in [6.07, 6.45) is 6.21. The van der Waals surface area contributed by atoms with E-state index in [1.165, 1.54) is 69.8 Å². The summed E-state index contributed by atoms with van der Waals surface area (Å²) in [6, 6.07) is 42.8. The second-order valence-corrected chi connectivity index (χ2v) is 12.7. The van der Waals surface area contributed by atoms with Crippen LogP contribution in [0, 0.1) is 0 Å². The third kappa shape index (κ3) is 3.88. The molecule has 5 aromatic rings. The van der Waals surface area contributed by atoms with Crippen LogP contribution < -0.4 is 26.2 Å². The number of anilines is 6. The third-order valence-corrected chi connectivity index (χ3v) is 9.74. The van der Waals surface area contributed by atoms with Crippen LogP contribution >= 0.6 is 16.4 Å². The smallest absolute Gasteiger partial charge is 0.252 e. The van der Waals surface area contributed by atoms with Gasteiger partial charge in [-0.3, -0.25) is 0 Å². The third-order valence-electron chi connectivity index (χ3n) is 8.25.